The predicted molar refractivity (Wildman–Crippen MR) is 32.5 cm³/mol. The molecule has 1 fully saturated rings. The van der Waals surface area contributed by atoms with Crippen molar-refractivity contribution in [1.29, 1.82) is 0 Å². The van der Waals surface area contributed by atoms with Crippen LogP contribution in [0, 0.1) is 0 Å². The molecule has 0 amide bonds. The summed E-state index contributed by atoms with van der Waals surface area (Å²) in [6.45, 7) is 1.22. The third kappa shape index (κ3) is 1.00. The van der Waals surface area contributed by atoms with E-state index in [-0.39, 0.29) is 0 Å². The number of hydrogen-bond donors (Lipinski definition) is 3. The van der Waals surface area contributed by atoms with Gasteiger partial charge in [0.1, 0.15) is 6.10 Å². The lowest BCUT2D eigenvalue weighted by atomic mass is 9.94. The molecule has 6 nitrogen and oxygen atoms in total. The van der Waals surface area contributed by atoms with E-state index in [1.54, 1.807) is 0 Å². The lowest BCUT2D eigenvalue weighted by Crippen LogP contribution is -2.59. The molecule has 6 heteroatoms. The Kier molecular flexibility index (Phi) is 2.09. The Labute approximate surface area is 68.0 Å². The topological polar surface area (TPSA) is 110 Å². The first-order valence-corrected chi connectivity index (χ1v) is 3.36. The summed E-state index contributed by atoms with van der Waals surface area (Å²) >= 11 is 0. The summed E-state index contributed by atoms with van der Waals surface area (Å²) in [7, 11) is 0. The number of rotatable bonds is 1. The number of carbonyl (C=O) groups is 1. The van der Waals surface area contributed by atoms with Crippen LogP contribution >= 0.6 is 0 Å². The molecule has 4 atom stereocenters. The van der Waals surface area contributed by atoms with Gasteiger partial charge >= 0.3 is 0 Å². The maximum absolute atomic E-state index is 10.4. The van der Waals surface area contributed by atoms with E-state index in [0.717, 1.165) is 0 Å². The molecule has 0 spiro atoms. The highest BCUT2D eigenvalue weighted by Gasteiger charge is 2.54. The van der Waals surface area contributed by atoms with Crippen LogP contribution in [0.1, 0.15) is 6.92 Å². The van der Waals surface area contributed by atoms with E-state index < -0.39 is 30.1 Å². The van der Waals surface area contributed by atoms with Crippen molar-refractivity contribution in [2.45, 2.75) is 31.0 Å². The fraction of sp³-hybridized carbons (Fsp3) is 0.833. The predicted octanol–water partition coefficient (Wildman–Crippen LogP) is -3.43. The van der Waals surface area contributed by atoms with Gasteiger partial charge in [0.05, 0.1) is 12.1 Å². The van der Waals surface area contributed by atoms with Gasteiger partial charge in [-0.1, -0.05) is 0 Å². The van der Waals surface area contributed by atoms with Gasteiger partial charge in [-0.15, -0.1) is 0 Å². The zero-order chi connectivity index (χ0) is 9.52. The third-order valence-corrected chi connectivity index (χ3v) is 2.01. The van der Waals surface area contributed by atoms with E-state index in [2.05, 4.69) is 4.74 Å². The van der Waals surface area contributed by atoms with E-state index in [9.17, 15) is 15.0 Å². The average Bonchev–Trinajstić information content (AvgIpc) is 2.16. The summed E-state index contributed by atoms with van der Waals surface area (Å²) in [6, 6.07) is 0. The molecule has 1 aliphatic rings. The fourth-order valence-corrected chi connectivity index (χ4v) is 1.13. The van der Waals surface area contributed by atoms with E-state index in [0.29, 0.717) is 0 Å². The van der Waals surface area contributed by atoms with Crippen LogP contribution in [0.25, 0.3) is 0 Å². The zero-order valence-electron chi connectivity index (χ0n) is 6.30. The summed E-state index contributed by atoms with van der Waals surface area (Å²) in [5, 5.41) is 37.5. The third-order valence-electron chi connectivity index (χ3n) is 2.01. The summed E-state index contributed by atoms with van der Waals surface area (Å²) in [6.07, 6.45) is -4.77. The van der Waals surface area contributed by atoms with E-state index in [4.69, 9.17) is 10.2 Å². The second kappa shape index (κ2) is 2.67. The molecule has 70 valence electrons. The van der Waals surface area contributed by atoms with Crippen LogP contribution in [0.3, 0.4) is 0 Å². The van der Waals surface area contributed by atoms with Crippen LogP contribution < -0.4 is 5.11 Å². The number of carboxylic acids is 1. The maximum atomic E-state index is 10.4. The quantitative estimate of drug-likeness (QED) is 0.384. The largest absolute Gasteiger partial charge is 0.547 e. The summed E-state index contributed by atoms with van der Waals surface area (Å²) in [4.78, 5) is 10.4. The van der Waals surface area contributed by atoms with Gasteiger partial charge in [-0.05, 0) is 6.92 Å². The summed E-state index contributed by atoms with van der Waals surface area (Å²) in [5.41, 5.74) is -2.53. The number of carbonyl (C=O) groups excluding carboxylic acids is 1. The van der Waals surface area contributed by atoms with Gasteiger partial charge in [0.25, 0.3) is 0 Å². The molecule has 0 aromatic rings. The number of hydrogen-bond acceptors (Lipinski definition) is 6. The fourth-order valence-electron chi connectivity index (χ4n) is 1.13. The Hall–Kier alpha value is -0.690. The first-order valence-electron chi connectivity index (χ1n) is 3.36. The smallest absolute Gasteiger partial charge is 0.184 e. The molecule has 0 radical (unpaired) electrons. The monoisotopic (exact) mass is 177 g/mol. The SMILES string of the molecule is C[C@@H]1OC(O)[C@@H](O)[C@@]1(O)C(=O)[O-]. The molecule has 12 heavy (non-hydrogen) atoms. The minimum Gasteiger partial charge on any atom is -0.547 e. The summed E-state index contributed by atoms with van der Waals surface area (Å²) < 4.78 is 4.49. The van der Waals surface area contributed by atoms with Crippen LogP contribution in [-0.4, -0.2) is 45.4 Å². The lowest BCUT2D eigenvalue weighted by Gasteiger charge is -2.29. The highest BCUT2D eigenvalue weighted by Crippen LogP contribution is 2.29. The van der Waals surface area contributed by atoms with Crippen LogP contribution in [-0.2, 0) is 9.53 Å². The van der Waals surface area contributed by atoms with Crippen LogP contribution in [0.5, 0.6) is 0 Å². The molecule has 1 heterocycles. The van der Waals surface area contributed by atoms with Gasteiger partial charge in [-0.2, -0.15) is 0 Å². The highest BCUT2D eigenvalue weighted by molar-refractivity contribution is 5.77. The lowest BCUT2D eigenvalue weighted by molar-refractivity contribution is -0.331. The molecule has 1 saturated heterocycles. The second-order valence-corrected chi connectivity index (χ2v) is 2.73. The van der Waals surface area contributed by atoms with Crippen molar-refractivity contribution in [3.63, 3.8) is 0 Å². The molecular formula is C6H9O6-. The van der Waals surface area contributed by atoms with Gasteiger partial charge in [-0.3, -0.25) is 0 Å². The van der Waals surface area contributed by atoms with Crippen molar-refractivity contribution < 1.29 is 30.0 Å². The molecule has 0 aromatic heterocycles. The minimum atomic E-state index is -2.53. The molecule has 1 unspecified atom stereocenters. The number of carboxylic acid groups (broad SMARTS) is 1. The number of aliphatic hydroxyl groups is 3. The Morgan fingerprint density at radius 1 is 1.58 bits per heavy atom. The van der Waals surface area contributed by atoms with Crippen LogP contribution in [0.2, 0.25) is 0 Å². The summed E-state index contributed by atoms with van der Waals surface area (Å²) in [5.74, 6) is -1.86. The van der Waals surface area contributed by atoms with Crippen molar-refractivity contribution in [1.82, 2.24) is 0 Å². The second-order valence-electron chi connectivity index (χ2n) is 2.73. The maximum Gasteiger partial charge on any atom is 0.184 e. The zero-order valence-corrected chi connectivity index (χ0v) is 6.30. The number of aliphatic hydroxyl groups excluding tert-OH is 2. The molecule has 0 saturated carbocycles. The van der Waals surface area contributed by atoms with Gasteiger partial charge in [0.2, 0.25) is 0 Å². The van der Waals surface area contributed by atoms with Crippen LogP contribution in [0.15, 0.2) is 0 Å². The van der Waals surface area contributed by atoms with Crippen molar-refractivity contribution in [2.24, 2.45) is 0 Å². The van der Waals surface area contributed by atoms with Gasteiger partial charge in [0.15, 0.2) is 11.9 Å². The highest BCUT2D eigenvalue weighted by atomic mass is 16.6. The van der Waals surface area contributed by atoms with Gasteiger partial charge in [-0.25, -0.2) is 0 Å². The first kappa shape index (κ1) is 9.40. The molecule has 1 rings (SSSR count). The molecular weight excluding hydrogens is 168 g/mol. The number of ether oxygens (including phenoxy) is 1. The standard InChI is InChI=1S/C6H10O6/c1-2-6(11,5(9)10)3(7)4(8)12-2/h2-4,7-8,11H,1H3,(H,9,10)/p-1/t2-,3+,4?,6+/m0/s1. The Bertz CT molecular complexity index is 204. The Morgan fingerprint density at radius 2 is 2.08 bits per heavy atom. The molecule has 3 N–H and O–H groups in total. The van der Waals surface area contributed by atoms with Crippen molar-refractivity contribution in [2.75, 3.05) is 0 Å². The Balaban J connectivity index is 2.95. The number of aliphatic carboxylic acids is 1. The van der Waals surface area contributed by atoms with Gasteiger partial charge in [0, 0.05) is 0 Å². The Morgan fingerprint density at radius 3 is 2.25 bits per heavy atom. The van der Waals surface area contributed by atoms with E-state index in [1.807, 2.05) is 0 Å². The molecule has 0 aromatic carbocycles. The van der Waals surface area contributed by atoms with Crippen molar-refractivity contribution in [3.8, 4) is 0 Å². The van der Waals surface area contributed by atoms with Crippen molar-refractivity contribution in [3.05, 3.63) is 0 Å². The molecule has 1 aliphatic heterocycles. The normalized spacial score (nSPS) is 47.8. The van der Waals surface area contributed by atoms with Crippen molar-refractivity contribution >= 4 is 5.97 Å². The molecule has 0 aliphatic carbocycles. The van der Waals surface area contributed by atoms with E-state index >= 15 is 0 Å². The van der Waals surface area contributed by atoms with E-state index in [1.165, 1.54) is 6.92 Å². The van der Waals surface area contributed by atoms with Crippen LogP contribution in [0.4, 0.5) is 0 Å². The minimum absolute atomic E-state index is 1.20. The van der Waals surface area contributed by atoms with Gasteiger partial charge < -0.3 is 30.0 Å². The first-order chi connectivity index (χ1) is 5.40. The molecule has 0 bridgehead atoms. The average molecular weight is 177 g/mol.